The first-order chi connectivity index (χ1) is 13.2. The van der Waals surface area contributed by atoms with Crippen molar-refractivity contribution in [3.8, 4) is 0 Å². The summed E-state index contributed by atoms with van der Waals surface area (Å²) in [6.07, 6.45) is 6.33. The van der Waals surface area contributed by atoms with E-state index in [0.29, 0.717) is 12.0 Å². The summed E-state index contributed by atoms with van der Waals surface area (Å²) in [4.78, 5) is 4.46. The third-order valence-electron chi connectivity index (χ3n) is 5.73. The maximum atomic E-state index is 6.15. The van der Waals surface area contributed by atoms with Crippen molar-refractivity contribution in [1.29, 1.82) is 0 Å². The van der Waals surface area contributed by atoms with Gasteiger partial charge >= 0.3 is 0 Å². The van der Waals surface area contributed by atoms with Crippen molar-refractivity contribution >= 4 is 41.7 Å². The maximum Gasteiger partial charge on any atom is 0.191 e. The van der Waals surface area contributed by atoms with Crippen LogP contribution in [-0.2, 0) is 4.74 Å². The second-order valence-electron chi connectivity index (χ2n) is 7.79. The Morgan fingerprint density at radius 1 is 1.21 bits per heavy atom. The predicted molar refractivity (Wildman–Crippen MR) is 132 cm³/mol. The molecule has 1 aromatic rings. The summed E-state index contributed by atoms with van der Waals surface area (Å²) in [5.41, 5.74) is 2.59. The third-order valence-corrected chi connectivity index (χ3v) is 6.97. The van der Waals surface area contributed by atoms with Gasteiger partial charge in [-0.25, -0.2) is 0 Å². The fourth-order valence-electron chi connectivity index (χ4n) is 4.25. The molecule has 4 atom stereocenters. The number of benzene rings is 1. The number of guanidine groups is 1. The lowest BCUT2D eigenvalue weighted by Gasteiger charge is -2.33. The van der Waals surface area contributed by atoms with Gasteiger partial charge in [-0.05, 0) is 50.3 Å². The van der Waals surface area contributed by atoms with Crippen LogP contribution in [0.1, 0.15) is 56.3 Å². The van der Waals surface area contributed by atoms with Crippen molar-refractivity contribution in [2.24, 2.45) is 10.9 Å². The van der Waals surface area contributed by atoms with Crippen molar-refractivity contribution in [3.05, 3.63) is 35.4 Å². The molecule has 1 aromatic carbocycles. The quantitative estimate of drug-likeness (QED) is 0.320. The second kappa shape index (κ2) is 12.3. The summed E-state index contributed by atoms with van der Waals surface area (Å²) >= 11 is 2.10. The Kier molecular flexibility index (Phi) is 10.4. The first-order valence-corrected chi connectivity index (χ1v) is 11.5. The van der Waals surface area contributed by atoms with Crippen LogP contribution in [0.3, 0.4) is 0 Å². The zero-order valence-electron chi connectivity index (χ0n) is 17.4. The number of aliphatic imine (C=N–C) groups is 1. The summed E-state index contributed by atoms with van der Waals surface area (Å²) < 4.78 is 6.15. The minimum atomic E-state index is 0. The van der Waals surface area contributed by atoms with Crippen LogP contribution in [0.4, 0.5) is 0 Å². The average molecular weight is 518 g/mol. The fraction of sp³-hybridized carbons (Fsp3) is 0.682. The molecule has 2 aliphatic rings. The molecule has 1 heterocycles. The largest absolute Gasteiger partial charge is 0.373 e. The molecule has 2 fully saturated rings. The van der Waals surface area contributed by atoms with Gasteiger partial charge in [0.25, 0.3) is 0 Å². The molecule has 1 saturated carbocycles. The molecule has 1 aliphatic carbocycles. The van der Waals surface area contributed by atoms with E-state index in [9.17, 15) is 0 Å². The molecule has 1 saturated heterocycles. The Bertz CT molecular complexity index is 610. The Morgan fingerprint density at radius 2 is 2.00 bits per heavy atom. The van der Waals surface area contributed by atoms with E-state index < -0.39 is 0 Å². The molecule has 4 unspecified atom stereocenters. The highest BCUT2D eigenvalue weighted by Gasteiger charge is 2.28. The maximum absolute atomic E-state index is 6.15. The number of halogens is 1. The Hall–Kier alpha value is -0.470. The molecule has 1 aliphatic heterocycles. The number of rotatable bonds is 6. The van der Waals surface area contributed by atoms with Crippen LogP contribution < -0.4 is 10.6 Å². The van der Waals surface area contributed by atoms with Gasteiger partial charge in [0.15, 0.2) is 5.96 Å². The molecular formula is C22H36IN3OS. The summed E-state index contributed by atoms with van der Waals surface area (Å²) in [7, 11) is 1.87. The number of aryl methyl sites for hydroxylation is 1. The lowest BCUT2D eigenvalue weighted by molar-refractivity contribution is -0.0265. The van der Waals surface area contributed by atoms with E-state index in [1.54, 1.807) is 0 Å². The van der Waals surface area contributed by atoms with Crippen LogP contribution in [0, 0.1) is 12.8 Å². The third kappa shape index (κ3) is 6.80. The van der Waals surface area contributed by atoms with Crippen LogP contribution in [-0.4, -0.2) is 43.2 Å². The number of nitrogens with zero attached hydrogens (tertiary/aromatic N) is 1. The average Bonchev–Trinajstić information content (AvgIpc) is 3.13. The Balaban J connectivity index is 0.00000280. The van der Waals surface area contributed by atoms with Gasteiger partial charge in [-0.15, -0.1) is 24.0 Å². The van der Waals surface area contributed by atoms with E-state index in [1.165, 1.54) is 42.6 Å². The number of thioether (sulfide) groups is 1. The molecule has 0 aromatic heterocycles. The predicted octanol–water partition coefficient (Wildman–Crippen LogP) is 4.92. The van der Waals surface area contributed by atoms with Crippen molar-refractivity contribution in [1.82, 2.24) is 10.6 Å². The van der Waals surface area contributed by atoms with E-state index in [-0.39, 0.29) is 30.1 Å². The zero-order chi connectivity index (χ0) is 19.1. The first-order valence-electron chi connectivity index (χ1n) is 10.5. The summed E-state index contributed by atoms with van der Waals surface area (Å²) in [6, 6.07) is 9.35. The smallest absolute Gasteiger partial charge is 0.191 e. The summed E-state index contributed by atoms with van der Waals surface area (Å²) in [5, 5.41) is 8.03. The van der Waals surface area contributed by atoms with Gasteiger partial charge in [-0.2, -0.15) is 11.8 Å². The van der Waals surface area contributed by atoms with Crippen LogP contribution in [0.15, 0.2) is 29.3 Å². The standard InChI is InChI=1S/C22H35N3OS.HI/c1-4-27-20-12-11-19(14-20)25-22(23-3)24-15-18-6-5-13-26-21(18)17-9-7-16(2)8-10-17;/h7-10,18-21H,4-6,11-15H2,1-3H3,(H2,23,24,25);1H. The van der Waals surface area contributed by atoms with Gasteiger partial charge in [0.2, 0.25) is 0 Å². The minimum absolute atomic E-state index is 0. The molecule has 0 bridgehead atoms. The normalized spacial score (nSPS) is 27.9. The lowest BCUT2D eigenvalue weighted by atomic mass is 9.89. The van der Waals surface area contributed by atoms with Gasteiger partial charge in [0, 0.05) is 37.4 Å². The van der Waals surface area contributed by atoms with Crippen molar-refractivity contribution in [2.75, 3.05) is 26.0 Å². The molecule has 28 heavy (non-hydrogen) atoms. The highest BCUT2D eigenvalue weighted by atomic mass is 127. The highest BCUT2D eigenvalue weighted by Crippen LogP contribution is 2.33. The van der Waals surface area contributed by atoms with E-state index in [1.807, 2.05) is 7.05 Å². The molecule has 0 amide bonds. The van der Waals surface area contributed by atoms with Gasteiger partial charge in [-0.3, -0.25) is 4.99 Å². The van der Waals surface area contributed by atoms with Gasteiger partial charge in [-0.1, -0.05) is 36.8 Å². The van der Waals surface area contributed by atoms with Crippen molar-refractivity contribution in [2.45, 2.75) is 63.3 Å². The molecule has 158 valence electrons. The van der Waals surface area contributed by atoms with E-state index in [2.05, 4.69) is 65.5 Å². The number of hydrogen-bond acceptors (Lipinski definition) is 3. The SMILES string of the molecule is CCSC1CCC(NC(=NC)NCC2CCCOC2c2ccc(C)cc2)C1.I. The van der Waals surface area contributed by atoms with Crippen LogP contribution >= 0.6 is 35.7 Å². The van der Waals surface area contributed by atoms with Crippen LogP contribution in [0.2, 0.25) is 0 Å². The Morgan fingerprint density at radius 3 is 2.71 bits per heavy atom. The zero-order valence-corrected chi connectivity index (χ0v) is 20.6. The second-order valence-corrected chi connectivity index (χ2v) is 9.37. The topological polar surface area (TPSA) is 45.7 Å². The molecule has 6 heteroatoms. The minimum Gasteiger partial charge on any atom is -0.373 e. The summed E-state index contributed by atoms with van der Waals surface area (Å²) in [6.45, 7) is 6.15. The molecule has 0 spiro atoms. The highest BCUT2D eigenvalue weighted by molar-refractivity contribution is 14.0. The van der Waals surface area contributed by atoms with E-state index >= 15 is 0 Å². The lowest BCUT2D eigenvalue weighted by Crippen LogP contribution is -2.45. The molecular weight excluding hydrogens is 481 g/mol. The van der Waals surface area contributed by atoms with Gasteiger partial charge in [0.1, 0.15) is 0 Å². The molecule has 3 rings (SSSR count). The molecule has 2 N–H and O–H groups in total. The van der Waals surface area contributed by atoms with Crippen molar-refractivity contribution < 1.29 is 4.74 Å². The first kappa shape index (κ1) is 23.8. The number of nitrogens with one attached hydrogen (secondary N) is 2. The van der Waals surface area contributed by atoms with Crippen molar-refractivity contribution in [3.63, 3.8) is 0 Å². The monoisotopic (exact) mass is 517 g/mol. The Labute approximate surface area is 192 Å². The van der Waals surface area contributed by atoms with Crippen LogP contribution in [0.5, 0.6) is 0 Å². The van der Waals surface area contributed by atoms with Gasteiger partial charge < -0.3 is 15.4 Å². The number of hydrogen-bond donors (Lipinski definition) is 2. The van der Waals surface area contributed by atoms with Crippen LogP contribution in [0.25, 0.3) is 0 Å². The van der Waals surface area contributed by atoms with Gasteiger partial charge in [0.05, 0.1) is 6.10 Å². The van der Waals surface area contributed by atoms with E-state index in [4.69, 9.17) is 4.74 Å². The number of ether oxygens (including phenoxy) is 1. The fourth-order valence-corrected chi connectivity index (χ4v) is 5.39. The summed E-state index contributed by atoms with van der Waals surface area (Å²) in [5.74, 6) is 2.63. The molecule has 0 radical (unpaired) electrons. The van der Waals surface area contributed by atoms with E-state index in [0.717, 1.165) is 30.8 Å². The molecule has 4 nitrogen and oxygen atoms in total.